The fraction of sp³-hybridized carbons (Fsp3) is 0.769. The van der Waals surface area contributed by atoms with Crippen molar-refractivity contribution in [3.05, 3.63) is 0 Å². The molecule has 0 fully saturated rings. The van der Waals surface area contributed by atoms with Crippen LogP contribution in [0.5, 0.6) is 0 Å². The quantitative estimate of drug-likeness (QED) is 0.483. The number of ketones is 2. The smallest absolute Gasteiger partial charge is 0.316 e. The molecule has 17 heavy (non-hydrogen) atoms. The summed E-state index contributed by atoms with van der Waals surface area (Å²) in [5.41, 5.74) is 0. The van der Waals surface area contributed by atoms with Crippen LogP contribution < -0.4 is 0 Å². The number of ether oxygens (including phenoxy) is 1. The SMILES string of the molecule is CCCC(=O)C(CC(=O)C(C)CC)C(=O)OC. The molecule has 0 aromatic carbocycles. The Bertz CT molecular complexity index is 283. The molecule has 0 aromatic rings. The van der Waals surface area contributed by atoms with Crippen LogP contribution in [0, 0.1) is 11.8 Å². The van der Waals surface area contributed by atoms with Crippen LogP contribution in [-0.4, -0.2) is 24.6 Å². The van der Waals surface area contributed by atoms with Crippen LogP contribution >= 0.6 is 0 Å². The molecule has 2 atom stereocenters. The van der Waals surface area contributed by atoms with Crippen LogP contribution in [0.15, 0.2) is 0 Å². The lowest BCUT2D eigenvalue weighted by molar-refractivity contribution is -0.151. The van der Waals surface area contributed by atoms with E-state index in [2.05, 4.69) is 4.74 Å². The summed E-state index contributed by atoms with van der Waals surface area (Å²) in [4.78, 5) is 35.0. The van der Waals surface area contributed by atoms with Gasteiger partial charge in [-0.1, -0.05) is 20.8 Å². The van der Waals surface area contributed by atoms with Gasteiger partial charge in [-0.25, -0.2) is 0 Å². The summed E-state index contributed by atoms with van der Waals surface area (Å²) in [6, 6.07) is 0. The normalized spacial score (nSPS) is 13.9. The second-order valence-corrected chi connectivity index (χ2v) is 4.27. The summed E-state index contributed by atoms with van der Waals surface area (Å²) in [6.07, 6.45) is 1.67. The van der Waals surface area contributed by atoms with Crippen LogP contribution in [0.3, 0.4) is 0 Å². The molecule has 0 radical (unpaired) electrons. The first kappa shape index (κ1) is 15.8. The second-order valence-electron chi connectivity index (χ2n) is 4.27. The van der Waals surface area contributed by atoms with Gasteiger partial charge in [0.2, 0.25) is 0 Å². The standard InChI is InChI=1S/C13H22O4/c1-5-7-11(14)10(13(16)17-4)8-12(15)9(3)6-2/h9-10H,5-8H2,1-4H3. The van der Waals surface area contributed by atoms with Crippen molar-refractivity contribution in [2.45, 2.75) is 46.5 Å². The van der Waals surface area contributed by atoms with Gasteiger partial charge in [-0.3, -0.25) is 14.4 Å². The van der Waals surface area contributed by atoms with Gasteiger partial charge in [0.05, 0.1) is 7.11 Å². The number of Topliss-reactive ketones (excluding diaryl/α,β-unsaturated/α-hetero) is 2. The van der Waals surface area contributed by atoms with E-state index in [-0.39, 0.29) is 23.9 Å². The van der Waals surface area contributed by atoms with Gasteiger partial charge in [0.25, 0.3) is 0 Å². The third-order valence-electron chi connectivity index (χ3n) is 2.94. The molecule has 0 spiro atoms. The van der Waals surface area contributed by atoms with E-state index in [0.717, 1.165) is 0 Å². The first-order valence-corrected chi connectivity index (χ1v) is 6.11. The lowest BCUT2D eigenvalue weighted by Crippen LogP contribution is -2.29. The van der Waals surface area contributed by atoms with Crippen molar-refractivity contribution in [1.29, 1.82) is 0 Å². The van der Waals surface area contributed by atoms with Gasteiger partial charge in [-0.2, -0.15) is 0 Å². The van der Waals surface area contributed by atoms with E-state index >= 15 is 0 Å². The van der Waals surface area contributed by atoms with Gasteiger partial charge >= 0.3 is 5.97 Å². The van der Waals surface area contributed by atoms with Crippen LogP contribution in [0.2, 0.25) is 0 Å². The molecular weight excluding hydrogens is 220 g/mol. The molecule has 98 valence electrons. The zero-order valence-electron chi connectivity index (χ0n) is 11.1. The van der Waals surface area contributed by atoms with Crippen molar-refractivity contribution in [3.8, 4) is 0 Å². The Kier molecular flexibility index (Phi) is 7.42. The first-order valence-electron chi connectivity index (χ1n) is 6.11. The minimum atomic E-state index is -0.915. The number of methoxy groups -OCH3 is 1. The molecule has 0 heterocycles. The van der Waals surface area contributed by atoms with E-state index in [4.69, 9.17) is 0 Å². The molecule has 0 N–H and O–H groups in total. The van der Waals surface area contributed by atoms with Gasteiger partial charge < -0.3 is 4.74 Å². The maximum absolute atomic E-state index is 11.8. The number of hydrogen-bond acceptors (Lipinski definition) is 4. The van der Waals surface area contributed by atoms with E-state index in [1.807, 2.05) is 13.8 Å². The number of hydrogen-bond donors (Lipinski definition) is 0. The average molecular weight is 242 g/mol. The second kappa shape index (κ2) is 7.98. The van der Waals surface area contributed by atoms with Gasteiger partial charge in [-0.15, -0.1) is 0 Å². The molecule has 0 aliphatic heterocycles. The largest absolute Gasteiger partial charge is 0.468 e. The average Bonchev–Trinajstić information content (AvgIpc) is 2.33. The highest BCUT2D eigenvalue weighted by atomic mass is 16.5. The minimum Gasteiger partial charge on any atom is -0.468 e. The highest BCUT2D eigenvalue weighted by Crippen LogP contribution is 2.16. The van der Waals surface area contributed by atoms with E-state index in [1.54, 1.807) is 6.92 Å². The van der Waals surface area contributed by atoms with E-state index in [9.17, 15) is 14.4 Å². The van der Waals surface area contributed by atoms with Gasteiger partial charge in [0.15, 0.2) is 0 Å². The molecule has 0 bridgehead atoms. The van der Waals surface area contributed by atoms with Crippen LogP contribution in [0.1, 0.15) is 46.5 Å². The summed E-state index contributed by atoms with van der Waals surface area (Å²) < 4.78 is 4.58. The van der Waals surface area contributed by atoms with Crippen molar-refractivity contribution < 1.29 is 19.1 Å². The Morgan fingerprint density at radius 3 is 2.12 bits per heavy atom. The van der Waals surface area contributed by atoms with E-state index in [1.165, 1.54) is 7.11 Å². The molecular formula is C13H22O4. The maximum atomic E-state index is 11.8. The van der Waals surface area contributed by atoms with Crippen LogP contribution in [-0.2, 0) is 19.1 Å². The molecule has 4 nitrogen and oxygen atoms in total. The fourth-order valence-electron chi connectivity index (χ4n) is 1.52. The Morgan fingerprint density at radius 2 is 1.71 bits per heavy atom. The van der Waals surface area contributed by atoms with Crippen molar-refractivity contribution in [1.82, 2.24) is 0 Å². The van der Waals surface area contributed by atoms with Crippen LogP contribution in [0.25, 0.3) is 0 Å². The zero-order valence-corrected chi connectivity index (χ0v) is 11.1. The van der Waals surface area contributed by atoms with Gasteiger partial charge in [0.1, 0.15) is 17.5 Å². The number of carbonyl (C=O) groups excluding carboxylic acids is 3. The van der Waals surface area contributed by atoms with Crippen molar-refractivity contribution in [2.24, 2.45) is 11.8 Å². The third-order valence-corrected chi connectivity index (χ3v) is 2.94. The number of rotatable bonds is 8. The predicted molar refractivity (Wildman–Crippen MR) is 64.5 cm³/mol. The maximum Gasteiger partial charge on any atom is 0.316 e. The summed E-state index contributed by atoms with van der Waals surface area (Å²) in [7, 11) is 1.24. The lowest BCUT2D eigenvalue weighted by Gasteiger charge is -2.14. The van der Waals surface area contributed by atoms with E-state index < -0.39 is 11.9 Å². The molecule has 0 aliphatic rings. The van der Waals surface area contributed by atoms with Gasteiger partial charge in [0, 0.05) is 18.8 Å². The van der Waals surface area contributed by atoms with Crippen molar-refractivity contribution in [2.75, 3.05) is 7.11 Å². The predicted octanol–water partition coefficient (Wildman–Crippen LogP) is 2.15. The Morgan fingerprint density at radius 1 is 1.12 bits per heavy atom. The minimum absolute atomic E-state index is 0.0273. The molecule has 0 amide bonds. The van der Waals surface area contributed by atoms with Crippen LogP contribution in [0.4, 0.5) is 0 Å². The summed E-state index contributed by atoms with van der Waals surface area (Å²) in [5, 5.41) is 0. The number of carbonyl (C=O) groups is 3. The number of esters is 1. The molecule has 2 unspecified atom stereocenters. The Balaban J connectivity index is 4.65. The Labute approximate surface area is 103 Å². The molecule has 0 aliphatic carbocycles. The molecule has 0 rings (SSSR count). The summed E-state index contributed by atoms with van der Waals surface area (Å²) in [5.74, 6) is -1.87. The zero-order chi connectivity index (χ0) is 13.4. The fourth-order valence-corrected chi connectivity index (χ4v) is 1.52. The highest BCUT2D eigenvalue weighted by molar-refractivity contribution is 6.02. The summed E-state index contributed by atoms with van der Waals surface area (Å²) >= 11 is 0. The first-order chi connectivity index (χ1) is 7.97. The van der Waals surface area contributed by atoms with Gasteiger partial charge in [-0.05, 0) is 12.8 Å². The molecule has 0 aromatic heterocycles. The topological polar surface area (TPSA) is 60.4 Å². The van der Waals surface area contributed by atoms with Crippen molar-refractivity contribution in [3.63, 3.8) is 0 Å². The Hall–Kier alpha value is -1.19. The molecule has 4 heteroatoms. The third kappa shape index (κ3) is 5.11. The highest BCUT2D eigenvalue weighted by Gasteiger charge is 2.30. The monoisotopic (exact) mass is 242 g/mol. The van der Waals surface area contributed by atoms with Crippen molar-refractivity contribution >= 4 is 17.5 Å². The van der Waals surface area contributed by atoms with E-state index in [0.29, 0.717) is 19.3 Å². The summed E-state index contributed by atoms with van der Waals surface area (Å²) in [6.45, 7) is 5.58. The lowest BCUT2D eigenvalue weighted by atomic mass is 9.90. The molecule has 0 saturated carbocycles. The molecule has 0 saturated heterocycles.